The highest BCUT2D eigenvalue weighted by atomic mass is 32.2. The second kappa shape index (κ2) is 8.57. The van der Waals surface area contributed by atoms with E-state index in [1.54, 1.807) is 21.0 Å². The van der Waals surface area contributed by atoms with Gasteiger partial charge in [0.15, 0.2) is 0 Å². The van der Waals surface area contributed by atoms with E-state index in [1.165, 1.54) is 23.6 Å². The first-order chi connectivity index (χ1) is 12.5. The van der Waals surface area contributed by atoms with Crippen molar-refractivity contribution < 1.29 is 29.7 Å². The van der Waals surface area contributed by atoms with Crippen LogP contribution in [0.4, 0.5) is 0 Å². The molecule has 0 radical (unpaired) electrons. The summed E-state index contributed by atoms with van der Waals surface area (Å²) in [6.07, 6.45) is -0.575. The molecule has 0 aromatic carbocycles. The summed E-state index contributed by atoms with van der Waals surface area (Å²) in [7, 11) is 3.37. The Morgan fingerprint density at radius 2 is 1.93 bits per heavy atom. The molecular formula is C17H27N3O6S. The van der Waals surface area contributed by atoms with E-state index in [4.69, 9.17) is 0 Å². The van der Waals surface area contributed by atoms with Crippen molar-refractivity contribution in [2.45, 2.75) is 49.0 Å². The predicted molar refractivity (Wildman–Crippen MR) is 101 cm³/mol. The van der Waals surface area contributed by atoms with Gasteiger partial charge < -0.3 is 25.5 Å². The molecule has 2 aliphatic rings. The lowest BCUT2D eigenvalue weighted by molar-refractivity contribution is -0.146. The molecule has 152 valence electrons. The highest BCUT2D eigenvalue weighted by Gasteiger charge is 2.48. The lowest BCUT2D eigenvalue weighted by atomic mass is 9.86. The predicted octanol–water partition coefficient (Wildman–Crippen LogP) is -0.468. The maximum atomic E-state index is 12.1. The summed E-state index contributed by atoms with van der Waals surface area (Å²) in [4.78, 5) is 41.0. The van der Waals surface area contributed by atoms with Gasteiger partial charge in [0, 0.05) is 25.9 Å². The standard InChI is InChI=1S/C17H27N3O6S/c1-7-12(11(8(2)21)16(23)24)19-13(17(25)26)14(7)27-9-5-10(18-6-9)15(22)20(3)4/h7-12,14,18,21H,5-6H2,1-4H3,(H,23,24)(H,25,26)/t7-,8-,9+,10-,11-,12-,14?/m1/s1. The maximum absolute atomic E-state index is 12.1. The molecule has 0 aromatic rings. The van der Waals surface area contributed by atoms with E-state index < -0.39 is 35.3 Å². The summed E-state index contributed by atoms with van der Waals surface area (Å²) < 4.78 is 0. The molecular weight excluding hydrogens is 374 g/mol. The quantitative estimate of drug-likeness (QED) is 0.449. The molecule has 4 N–H and O–H groups in total. The van der Waals surface area contributed by atoms with Crippen LogP contribution in [0.2, 0.25) is 0 Å². The van der Waals surface area contributed by atoms with Crippen molar-refractivity contribution in [3.63, 3.8) is 0 Å². The maximum Gasteiger partial charge on any atom is 0.350 e. The van der Waals surface area contributed by atoms with E-state index in [1.807, 2.05) is 0 Å². The molecule has 10 heteroatoms. The van der Waals surface area contributed by atoms with Crippen LogP contribution in [0.1, 0.15) is 20.3 Å². The molecule has 27 heavy (non-hydrogen) atoms. The molecule has 0 spiro atoms. The first-order valence-electron chi connectivity index (χ1n) is 8.86. The number of likely N-dealkylation sites (N-methyl/N-ethyl adjacent to an activating group) is 1. The monoisotopic (exact) mass is 401 g/mol. The number of aliphatic hydroxyl groups excluding tert-OH is 1. The third-order valence-corrected chi connectivity index (χ3v) is 6.82. The van der Waals surface area contributed by atoms with Crippen LogP contribution in [0, 0.1) is 11.8 Å². The van der Waals surface area contributed by atoms with E-state index in [0.717, 1.165) is 0 Å². The Labute approximate surface area is 162 Å². The summed E-state index contributed by atoms with van der Waals surface area (Å²) >= 11 is 1.42. The van der Waals surface area contributed by atoms with E-state index in [9.17, 15) is 29.7 Å². The fourth-order valence-electron chi connectivity index (χ4n) is 3.70. The topological polar surface area (TPSA) is 140 Å². The summed E-state index contributed by atoms with van der Waals surface area (Å²) in [6, 6.07) is -1.11. The highest BCUT2D eigenvalue weighted by molar-refractivity contribution is 8.01. The minimum atomic E-state index is -1.19. The van der Waals surface area contributed by atoms with Gasteiger partial charge in [0.2, 0.25) is 5.91 Å². The van der Waals surface area contributed by atoms with Gasteiger partial charge >= 0.3 is 11.9 Å². The van der Waals surface area contributed by atoms with Crippen LogP contribution in [0.5, 0.6) is 0 Å². The molecule has 1 saturated heterocycles. The molecule has 2 aliphatic heterocycles. The summed E-state index contributed by atoms with van der Waals surface area (Å²) in [5, 5.41) is 31.5. The third-order valence-electron chi connectivity index (χ3n) is 5.13. The molecule has 2 heterocycles. The molecule has 0 aliphatic carbocycles. The Morgan fingerprint density at radius 3 is 2.41 bits per heavy atom. The molecule has 0 aromatic heterocycles. The fraction of sp³-hybridized carbons (Fsp3) is 0.765. The van der Waals surface area contributed by atoms with Crippen molar-refractivity contribution in [3.8, 4) is 0 Å². The number of hydrogen-bond acceptors (Lipinski definition) is 7. The number of aliphatic hydroxyl groups is 1. The Bertz CT molecular complexity index is 638. The molecule has 1 fully saturated rings. The number of amides is 1. The van der Waals surface area contributed by atoms with E-state index >= 15 is 0 Å². The zero-order valence-electron chi connectivity index (χ0n) is 15.8. The van der Waals surface area contributed by atoms with Gasteiger partial charge in [-0.15, -0.1) is 11.8 Å². The third kappa shape index (κ3) is 4.61. The number of hydrogen-bond donors (Lipinski definition) is 4. The Balaban J connectivity index is 2.15. The first kappa shape index (κ1) is 21.6. The first-order valence-corrected chi connectivity index (χ1v) is 9.80. The smallest absolute Gasteiger partial charge is 0.350 e. The van der Waals surface area contributed by atoms with Crippen LogP contribution in [-0.4, -0.2) is 93.1 Å². The van der Waals surface area contributed by atoms with Gasteiger partial charge in [-0.1, -0.05) is 6.92 Å². The van der Waals surface area contributed by atoms with Crippen molar-refractivity contribution in [2.75, 3.05) is 20.6 Å². The number of aliphatic imine (C=N–C) groups is 1. The van der Waals surface area contributed by atoms with Crippen LogP contribution >= 0.6 is 11.8 Å². The minimum Gasteiger partial charge on any atom is -0.481 e. The number of nitrogens with one attached hydrogen (secondary N) is 1. The summed E-state index contributed by atoms with van der Waals surface area (Å²) in [6.45, 7) is 3.71. The van der Waals surface area contributed by atoms with E-state index in [0.29, 0.717) is 13.0 Å². The Morgan fingerprint density at radius 1 is 1.30 bits per heavy atom. The van der Waals surface area contributed by atoms with Gasteiger partial charge in [0.1, 0.15) is 11.6 Å². The van der Waals surface area contributed by atoms with Gasteiger partial charge in [-0.25, -0.2) is 4.79 Å². The molecule has 1 amide bonds. The normalized spacial score (nSPS) is 32.6. The number of nitrogens with zero attached hydrogens (tertiary/aromatic N) is 2. The highest BCUT2D eigenvalue weighted by Crippen LogP contribution is 2.39. The van der Waals surface area contributed by atoms with E-state index in [2.05, 4.69) is 10.3 Å². The van der Waals surface area contributed by atoms with Crippen molar-refractivity contribution >= 4 is 35.3 Å². The number of carbonyl (C=O) groups excluding carboxylic acids is 1. The van der Waals surface area contributed by atoms with Crippen molar-refractivity contribution in [1.29, 1.82) is 0 Å². The van der Waals surface area contributed by atoms with Gasteiger partial charge in [0.25, 0.3) is 0 Å². The molecule has 1 unspecified atom stereocenters. The molecule has 7 atom stereocenters. The Hall–Kier alpha value is -1.65. The number of rotatable bonds is 7. The zero-order valence-corrected chi connectivity index (χ0v) is 16.6. The van der Waals surface area contributed by atoms with Gasteiger partial charge in [-0.05, 0) is 19.3 Å². The second-order valence-electron chi connectivity index (χ2n) is 7.38. The fourth-order valence-corrected chi connectivity index (χ4v) is 5.31. The van der Waals surface area contributed by atoms with Gasteiger partial charge in [-0.3, -0.25) is 14.6 Å². The van der Waals surface area contributed by atoms with Crippen LogP contribution in [0.3, 0.4) is 0 Å². The van der Waals surface area contributed by atoms with Crippen LogP contribution in [0.25, 0.3) is 0 Å². The van der Waals surface area contributed by atoms with Crippen LogP contribution in [-0.2, 0) is 14.4 Å². The molecule has 0 saturated carbocycles. The van der Waals surface area contributed by atoms with Crippen molar-refractivity contribution in [2.24, 2.45) is 16.8 Å². The number of thioether (sulfide) groups is 1. The van der Waals surface area contributed by atoms with Crippen molar-refractivity contribution in [3.05, 3.63) is 0 Å². The minimum absolute atomic E-state index is 0.0180. The van der Waals surface area contributed by atoms with Gasteiger partial charge in [0.05, 0.1) is 23.4 Å². The molecule has 2 rings (SSSR count). The largest absolute Gasteiger partial charge is 0.481 e. The number of carboxylic acids is 2. The molecule has 0 bridgehead atoms. The lowest BCUT2D eigenvalue weighted by Crippen LogP contribution is -2.40. The molecule has 9 nitrogen and oxygen atoms in total. The van der Waals surface area contributed by atoms with E-state index in [-0.39, 0.29) is 28.8 Å². The average Bonchev–Trinajstić information content (AvgIpc) is 3.13. The second-order valence-corrected chi connectivity index (χ2v) is 8.83. The van der Waals surface area contributed by atoms with Crippen molar-refractivity contribution in [1.82, 2.24) is 10.2 Å². The summed E-state index contributed by atoms with van der Waals surface area (Å²) in [5.74, 6) is -3.92. The number of carbonyl (C=O) groups is 3. The number of carboxylic acid groups (broad SMARTS) is 2. The zero-order chi connectivity index (χ0) is 20.5. The van der Waals surface area contributed by atoms with Crippen LogP contribution < -0.4 is 5.32 Å². The Kier molecular flexibility index (Phi) is 6.87. The van der Waals surface area contributed by atoms with Crippen LogP contribution in [0.15, 0.2) is 4.99 Å². The lowest BCUT2D eigenvalue weighted by Gasteiger charge is -2.27. The SMILES string of the molecule is C[C@@H](O)[C@@H](C(=O)O)[C@@H]1N=C(C(=O)O)C(S[C@@H]2CN[C@@H](C(=O)N(C)C)C2)[C@@H]1C. The summed E-state index contributed by atoms with van der Waals surface area (Å²) in [5.41, 5.74) is -0.0632. The number of aliphatic carboxylic acids is 2. The van der Waals surface area contributed by atoms with Gasteiger partial charge in [-0.2, -0.15) is 0 Å². The average molecular weight is 401 g/mol.